The maximum atomic E-state index is 12.8. The fourth-order valence-electron chi connectivity index (χ4n) is 4.15. The van der Waals surface area contributed by atoms with Crippen molar-refractivity contribution in [3.63, 3.8) is 0 Å². The van der Waals surface area contributed by atoms with Crippen molar-refractivity contribution in [3.05, 3.63) is 36.2 Å². The lowest BCUT2D eigenvalue weighted by Gasteiger charge is -2.34. The van der Waals surface area contributed by atoms with Crippen LogP contribution in [0.4, 0.5) is 0 Å². The maximum Gasteiger partial charge on any atom is 0.183 e. The van der Waals surface area contributed by atoms with Crippen molar-refractivity contribution < 1.29 is 4.79 Å². The molecule has 2 aliphatic carbocycles. The van der Waals surface area contributed by atoms with Crippen LogP contribution in [0.3, 0.4) is 0 Å². The molecule has 104 valence electrons. The second-order valence-corrected chi connectivity index (χ2v) is 6.04. The molecule has 0 unspecified atom stereocenters. The lowest BCUT2D eigenvalue weighted by Crippen LogP contribution is -2.35. The quantitative estimate of drug-likeness (QED) is 0.506. The van der Waals surface area contributed by atoms with Gasteiger partial charge in [0.15, 0.2) is 5.78 Å². The molecule has 1 fully saturated rings. The van der Waals surface area contributed by atoms with E-state index in [2.05, 4.69) is 30.0 Å². The minimum Gasteiger partial charge on any atom is -0.359 e. The zero-order valence-corrected chi connectivity index (χ0v) is 11.9. The molecule has 1 aromatic heterocycles. The molecule has 0 spiro atoms. The molecule has 0 amide bonds. The summed E-state index contributed by atoms with van der Waals surface area (Å²) in [5, 5.41) is 0. The summed E-state index contributed by atoms with van der Waals surface area (Å²) in [5.41, 5.74) is 0.698. The number of nitrogens with one attached hydrogen (secondary N) is 1. The number of hydrogen-bond donors (Lipinski definition) is 1. The summed E-state index contributed by atoms with van der Waals surface area (Å²) in [5.74, 6) is 4.58. The molecule has 1 N–H and O–H groups in total. The number of H-pyrrole nitrogens is 1. The van der Waals surface area contributed by atoms with Gasteiger partial charge in [0.25, 0.3) is 0 Å². The van der Waals surface area contributed by atoms with E-state index in [1.54, 1.807) is 6.20 Å². The molecule has 5 atom stereocenters. The third-order valence-corrected chi connectivity index (χ3v) is 5.18. The second-order valence-electron chi connectivity index (χ2n) is 6.04. The first-order valence-electron chi connectivity index (χ1n) is 7.58. The van der Waals surface area contributed by atoms with Crippen LogP contribution in [0, 0.1) is 41.9 Å². The van der Waals surface area contributed by atoms with Gasteiger partial charge in [-0.3, -0.25) is 4.79 Å². The van der Waals surface area contributed by atoms with E-state index in [0.29, 0.717) is 23.4 Å². The van der Waals surface area contributed by atoms with Gasteiger partial charge in [0.1, 0.15) is 0 Å². The summed E-state index contributed by atoms with van der Waals surface area (Å²) in [4.78, 5) is 15.8. The number of carbonyl (C=O) groups excluding carboxylic acids is 1. The Hall–Kier alpha value is -1.75. The molecule has 0 bridgehead atoms. The van der Waals surface area contributed by atoms with E-state index >= 15 is 0 Å². The van der Waals surface area contributed by atoms with Crippen LogP contribution in [0.1, 0.15) is 36.7 Å². The zero-order valence-electron chi connectivity index (χ0n) is 11.9. The standard InChI is InChI=1S/C18H21NO/c1-3-12-7-10-15-14(12)9-8-13(4-2)17(15)18(20)16-6-5-11-19-16/h2,5-6,8-9,11-15,17,19H,3,7,10H2,1H3/t12-,13+,14+,15+,17+/m0/s1. The fourth-order valence-corrected chi connectivity index (χ4v) is 4.15. The Labute approximate surface area is 120 Å². The molecule has 2 aliphatic rings. The molecule has 1 saturated carbocycles. The summed E-state index contributed by atoms with van der Waals surface area (Å²) < 4.78 is 0. The van der Waals surface area contributed by atoms with Gasteiger partial charge in [0.2, 0.25) is 0 Å². The number of ketones is 1. The minimum atomic E-state index is -0.0531. The monoisotopic (exact) mass is 267 g/mol. The number of aromatic amines is 1. The Morgan fingerprint density at radius 1 is 1.45 bits per heavy atom. The molecule has 0 saturated heterocycles. The Morgan fingerprint density at radius 3 is 2.95 bits per heavy atom. The second kappa shape index (κ2) is 5.32. The summed E-state index contributed by atoms with van der Waals surface area (Å²) >= 11 is 0. The largest absolute Gasteiger partial charge is 0.359 e. The molecule has 1 heterocycles. The van der Waals surface area contributed by atoms with E-state index in [9.17, 15) is 4.79 Å². The maximum absolute atomic E-state index is 12.8. The van der Waals surface area contributed by atoms with Crippen molar-refractivity contribution in [1.29, 1.82) is 0 Å². The van der Waals surface area contributed by atoms with Gasteiger partial charge in [-0.25, -0.2) is 0 Å². The predicted octanol–water partition coefficient (Wildman–Crippen LogP) is 3.69. The first-order chi connectivity index (χ1) is 9.76. The highest BCUT2D eigenvalue weighted by Gasteiger charge is 2.45. The third kappa shape index (κ3) is 2.02. The van der Waals surface area contributed by atoms with Crippen LogP contribution in [-0.2, 0) is 0 Å². The predicted molar refractivity (Wildman–Crippen MR) is 80.1 cm³/mol. The Morgan fingerprint density at radius 2 is 2.30 bits per heavy atom. The van der Waals surface area contributed by atoms with E-state index in [-0.39, 0.29) is 17.6 Å². The minimum absolute atomic E-state index is 0.0507. The zero-order chi connectivity index (χ0) is 14.1. The van der Waals surface area contributed by atoms with Crippen molar-refractivity contribution in [2.24, 2.45) is 29.6 Å². The highest BCUT2D eigenvalue weighted by Crippen LogP contribution is 2.49. The smallest absolute Gasteiger partial charge is 0.183 e. The van der Waals surface area contributed by atoms with Crippen molar-refractivity contribution in [2.75, 3.05) is 0 Å². The summed E-state index contributed by atoms with van der Waals surface area (Å²) in [6, 6.07) is 3.73. The van der Waals surface area contributed by atoms with E-state index in [1.807, 2.05) is 12.1 Å². The Kier molecular flexibility index (Phi) is 3.53. The van der Waals surface area contributed by atoms with Gasteiger partial charge in [0, 0.05) is 18.0 Å². The van der Waals surface area contributed by atoms with E-state index < -0.39 is 0 Å². The van der Waals surface area contributed by atoms with Gasteiger partial charge in [-0.15, -0.1) is 6.42 Å². The highest BCUT2D eigenvalue weighted by atomic mass is 16.1. The van der Waals surface area contributed by atoms with Crippen LogP contribution in [0.2, 0.25) is 0 Å². The van der Waals surface area contributed by atoms with E-state index in [1.165, 1.54) is 12.8 Å². The summed E-state index contributed by atoms with van der Waals surface area (Å²) in [6.07, 6.45) is 15.4. The van der Waals surface area contributed by atoms with Gasteiger partial charge < -0.3 is 4.98 Å². The molecule has 0 aliphatic heterocycles. The topological polar surface area (TPSA) is 32.9 Å². The lowest BCUT2D eigenvalue weighted by atomic mass is 9.68. The average molecular weight is 267 g/mol. The molecule has 20 heavy (non-hydrogen) atoms. The third-order valence-electron chi connectivity index (χ3n) is 5.18. The normalized spacial score (nSPS) is 35.5. The molecular formula is C18H21NO. The van der Waals surface area contributed by atoms with E-state index in [4.69, 9.17) is 6.42 Å². The fraction of sp³-hybridized carbons (Fsp3) is 0.500. The Bertz CT molecular complexity index is 548. The number of aromatic nitrogens is 1. The van der Waals surface area contributed by atoms with E-state index in [0.717, 1.165) is 6.42 Å². The van der Waals surface area contributed by atoms with Gasteiger partial charge in [-0.2, -0.15) is 0 Å². The summed E-state index contributed by atoms with van der Waals surface area (Å²) in [7, 11) is 0. The van der Waals surface area contributed by atoms with Gasteiger partial charge >= 0.3 is 0 Å². The van der Waals surface area contributed by atoms with Crippen LogP contribution in [0.5, 0.6) is 0 Å². The first-order valence-corrected chi connectivity index (χ1v) is 7.58. The lowest BCUT2D eigenvalue weighted by molar-refractivity contribution is 0.0808. The van der Waals surface area contributed by atoms with Crippen LogP contribution in [0.25, 0.3) is 0 Å². The number of hydrogen-bond acceptors (Lipinski definition) is 1. The SMILES string of the molecule is C#C[C@@H]1C=C[C@@H]2[C@@H](CC)CC[C@H]2[C@@H]1C(=O)c1ccc[nH]1. The molecule has 2 heteroatoms. The molecule has 3 rings (SSSR count). The Balaban J connectivity index is 1.93. The molecule has 2 nitrogen and oxygen atoms in total. The molecule has 0 radical (unpaired) electrons. The molecule has 0 aromatic carbocycles. The van der Waals surface area contributed by atoms with Crippen molar-refractivity contribution in [1.82, 2.24) is 4.98 Å². The average Bonchev–Trinajstić information content (AvgIpc) is 3.14. The molecule has 1 aromatic rings. The van der Waals surface area contributed by atoms with Crippen LogP contribution in [0.15, 0.2) is 30.5 Å². The number of terminal acetylenes is 1. The van der Waals surface area contributed by atoms with Crippen LogP contribution < -0.4 is 0 Å². The van der Waals surface area contributed by atoms with Crippen molar-refractivity contribution in [3.8, 4) is 12.3 Å². The van der Waals surface area contributed by atoms with Crippen LogP contribution >= 0.6 is 0 Å². The number of allylic oxidation sites excluding steroid dienone is 2. The van der Waals surface area contributed by atoms with Crippen molar-refractivity contribution >= 4 is 5.78 Å². The van der Waals surface area contributed by atoms with Crippen LogP contribution in [-0.4, -0.2) is 10.8 Å². The molecular weight excluding hydrogens is 246 g/mol. The van der Waals surface area contributed by atoms with Gasteiger partial charge in [-0.1, -0.05) is 31.4 Å². The highest BCUT2D eigenvalue weighted by molar-refractivity contribution is 5.97. The number of Topliss-reactive ketones (excluding diaryl/α,β-unsaturated/α-hetero) is 1. The number of fused-ring (bicyclic) bond motifs is 1. The van der Waals surface area contributed by atoms with Gasteiger partial charge in [-0.05, 0) is 42.7 Å². The number of rotatable bonds is 3. The van der Waals surface area contributed by atoms with Crippen molar-refractivity contribution in [2.45, 2.75) is 26.2 Å². The summed E-state index contributed by atoms with van der Waals surface area (Å²) in [6.45, 7) is 2.25. The number of carbonyl (C=O) groups is 1. The first kappa shape index (κ1) is 13.2. The van der Waals surface area contributed by atoms with Gasteiger partial charge in [0.05, 0.1) is 5.69 Å².